The number of carbonyl (C=O) groups excluding carboxylic acids is 2. The summed E-state index contributed by atoms with van der Waals surface area (Å²) in [7, 11) is 1.63. The Kier molecular flexibility index (Phi) is 6.14. The summed E-state index contributed by atoms with van der Waals surface area (Å²) in [6.07, 6.45) is 3.88. The second kappa shape index (κ2) is 8.54. The van der Waals surface area contributed by atoms with Gasteiger partial charge in [0.25, 0.3) is 0 Å². The van der Waals surface area contributed by atoms with Crippen LogP contribution in [0.2, 0.25) is 0 Å². The maximum atomic E-state index is 12.5. The van der Waals surface area contributed by atoms with Crippen molar-refractivity contribution in [3.8, 4) is 5.75 Å². The lowest BCUT2D eigenvalue weighted by Gasteiger charge is -2.41. The topological polar surface area (TPSA) is 61.9 Å². The number of rotatable bonds is 4. The summed E-state index contributed by atoms with van der Waals surface area (Å²) in [5.74, 6) is 1.15. The molecule has 1 N–H and O–H groups in total. The third-order valence-electron chi connectivity index (χ3n) is 5.68. The molecule has 0 bridgehead atoms. The summed E-state index contributed by atoms with van der Waals surface area (Å²) < 4.78 is 5.14. The van der Waals surface area contributed by atoms with E-state index >= 15 is 0 Å². The van der Waals surface area contributed by atoms with Crippen molar-refractivity contribution >= 4 is 17.5 Å². The highest BCUT2D eigenvalue weighted by Gasteiger charge is 2.31. The summed E-state index contributed by atoms with van der Waals surface area (Å²) >= 11 is 0. The molecule has 0 aliphatic carbocycles. The van der Waals surface area contributed by atoms with E-state index in [9.17, 15) is 9.59 Å². The fourth-order valence-corrected chi connectivity index (χ4v) is 3.99. The lowest BCUT2D eigenvalue weighted by atomic mass is 9.92. The minimum atomic E-state index is 0.0747. The van der Waals surface area contributed by atoms with Gasteiger partial charge in [0.2, 0.25) is 11.8 Å². The second-order valence-electron chi connectivity index (χ2n) is 7.27. The zero-order valence-corrected chi connectivity index (χ0v) is 15.7. The van der Waals surface area contributed by atoms with Crippen molar-refractivity contribution in [1.29, 1.82) is 0 Å². The zero-order valence-electron chi connectivity index (χ0n) is 15.7. The number of nitrogens with one attached hydrogen (secondary N) is 1. The lowest BCUT2D eigenvalue weighted by molar-refractivity contribution is -0.130. The van der Waals surface area contributed by atoms with Crippen LogP contribution < -0.4 is 10.1 Å². The van der Waals surface area contributed by atoms with E-state index < -0.39 is 0 Å². The molecule has 0 radical (unpaired) electrons. The Balaban J connectivity index is 1.44. The monoisotopic (exact) mass is 359 g/mol. The molecular formula is C20H29N3O3. The van der Waals surface area contributed by atoms with Crippen LogP contribution in [0.1, 0.15) is 32.6 Å². The van der Waals surface area contributed by atoms with Gasteiger partial charge in [-0.2, -0.15) is 0 Å². The van der Waals surface area contributed by atoms with Gasteiger partial charge in [-0.1, -0.05) is 0 Å². The third kappa shape index (κ3) is 4.55. The van der Waals surface area contributed by atoms with Gasteiger partial charge < -0.3 is 19.9 Å². The van der Waals surface area contributed by atoms with E-state index in [0.29, 0.717) is 6.04 Å². The Labute approximate surface area is 155 Å². The highest BCUT2D eigenvalue weighted by molar-refractivity contribution is 5.92. The lowest BCUT2D eigenvalue weighted by Crippen LogP contribution is -2.49. The second-order valence-corrected chi connectivity index (χ2v) is 7.27. The number of anilines is 1. The van der Waals surface area contributed by atoms with Crippen LogP contribution in [-0.4, -0.2) is 60.9 Å². The van der Waals surface area contributed by atoms with Gasteiger partial charge in [0, 0.05) is 37.7 Å². The molecule has 2 fully saturated rings. The van der Waals surface area contributed by atoms with Gasteiger partial charge in [-0.05, 0) is 63.0 Å². The van der Waals surface area contributed by atoms with Crippen LogP contribution in [0.3, 0.4) is 0 Å². The number of benzene rings is 1. The molecule has 2 aliphatic rings. The van der Waals surface area contributed by atoms with Gasteiger partial charge in [0.05, 0.1) is 7.11 Å². The van der Waals surface area contributed by atoms with E-state index in [1.165, 1.54) is 0 Å². The first kappa shape index (κ1) is 18.7. The Morgan fingerprint density at radius 2 is 1.62 bits per heavy atom. The van der Waals surface area contributed by atoms with Crippen LogP contribution in [0.25, 0.3) is 0 Å². The SMILES string of the molecule is COc1ccc(NC(=O)C2CCN(C3CCN(C(C)=O)CC3)CC2)cc1. The largest absolute Gasteiger partial charge is 0.497 e. The van der Waals surface area contributed by atoms with E-state index in [2.05, 4.69) is 10.2 Å². The fraction of sp³-hybridized carbons (Fsp3) is 0.600. The number of ether oxygens (including phenoxy) is 1. The molecule has 0 atom stereocenters. The molecule has 1 aromatic carbocycles. The van der Waals surface area contributed by atoms with Crippen molar-refractivity contribution in [2.45, 2.75) is 38.6 Å². The van der Waals surface area contributed by atoms with Crippen LogP contribution in [0.15, 0.2) is 24.3 Å². The average molecular weight is 359 g/mol. The maximum absolute atomic E-state index is 12.5. The Morgan fingerprint density at radius 3 is 2.15 bits per heavy atom. The zero-order chi connectivity index (χ0) is 18.5. The number of nitrogens with zero attached hydrogens (tertiary/aromatic N) is 2. The fourth-order valence-electron chi connectivity index (χ4n) is 3.99. The van der Waals surface area contributed by atoms with E-state index in [0.717, 1.165) is 63.3 Å². The quantitative estimate of drug-likeness (QED) is 0.896. The molecule has 2 aliphatic heterocycles. The first-order valence-electron chi connectivity index (χ1n) is 9.51. The predicted octanol–water partition coefficient (Wildman–Crippen LogP) is 2.36. The van der Waals surface area contributed by atoms with Crippen molar-refractivity contribution in [3.63, 3.8) is 0 Å². The van der Waals surface area contributed by atoms with Gasteiger partial charge in [0.1, 0.15) is 5.75 Å². The number of methoxy groups -OCH3 is 1. The van der Waals surface area contributed by atoms with Crippen LogP contribution in [-0.2, 0) is 9.59 Å². The molecule has 26 heavy (non-hydrogen) atoms. The predicted molar refractivity (Wildman–Crippen MR) is 101 cm³/mol. The van der Waals surface area contributed by atoms with Crippen LogP contribution >= 0.6 is 0 Å². The van der Waals surface area contributed by atoms with Crippen molar-refractivity contribution < 1.29 is 14.3 Å². The molecule has 6 nitrogen and oxygen atoms in total. The number of amides is 2. The minimum absolute atomic E-state index is 0.0747. The van der Waals surface area contributed by atoms with Gasteiger partial charge in [-0.15, -0.1) is 0 Å². The Hall–Kier alpha value is -2.08. The van der Waals surface area contributed by atoms with Crippen LogP contribution in [0, 0.1) is 5.92 Å². The summed E-state index contributed by atoms with van der Waals surface area (Å²) in [6.45, 7) is 5.29. The molecular weight excluding hydrogens is 330 g/mol. The number of hydrogen-bond donors (Lipinski definition) is 1. The standard InChI is InChI=1S/C20H29N3O3/c1-15(24)22-13-9-18(10-14-22)23-11-7-16(8-12-23)20(25)21-17-3-5-19(26-2)6-4-17/h3-6,16,18H,7-14H2,1-2H3,(H,21,25). The first-order chi connectivity index (χ1) is 12.6. The van der Waals surface area contributed by atoms with Crippen molar-refractivity contribution in [3.05, 3.63) is 24.3 Å². The highest BCUT2D eigenvalue weighted by Crippen LogP contribution is 2.25. The van der Waals surface area contributed by atoms with Crippen molar-refractivity contribution in [1.82, 2.24) is 9.80 Å². The maximum Gasteiger partial charge on any atom is 0.227 e. The Bertz CT molecular complexity index is 616. The number of likely N-dealkylation sites (tertiary alicyclic amines) is 2. The number of hydrogen-bond acceptors (Lipinski definition) is 4. The molecule has 0 saturated carbocycles. The number of carbonyl (C=O) groups is 2. The molecule has 1 aromatic rings. The molecule has 3 rings (SSSR count). The first-order valence-corrected chi connectivity index (χ1v) is 9.51. The third-order valence-corrected chi connectivity index (χ3v) is 5.68. The molecule has 6 heteroatoms. The van der Waals surface area contributed by atoms with E-state index in [-0.39, 0.29) is 17.7 Å². The normalized spacial score (nSPS) is 20.0. The smallest absolute Gasteiger partial charge is 0.227 e. The number of piperidine rings is 2. The summed E-state index contributed by atoms with van der Waals surface area (Å²) in [4.78, 5) is 28.4. The van der Waals surface area contributed by atoms with E-state index in [1.54, 1.807) is 14.0 Å². The molecule has 0 spiro atoms. The van der Waals surface area contributed by atoms with E-state index in [4.69, 9.17) is 4.74 Å². The Morgan fingerprint density at radius 1 is 1.00 bits per heavy atom. The minimum Gasteiger partial charge on any atom is -0.497 e. The average Bonchev–Trinajstić information content (AvgIpc) is 2.69. The summed E-state index contributed by atoms with van der Waals surface area (Å²) in [5.41, 5.74) is 0.815. The van der Waals surface area contributed by atoms with Crippen LogP contribution in [0.5, 0.6) is 5.75 Å². The van der Waals surface area contributed by atoms with Crippen LogP contribution in [0.4, 0.5) is 5.69 Å². The highest BCUT2D eigenvalue weighted by atomic mass is 16.5. The van der Waals surface area contributed by atoms with Gasteiger partial charge in [0.15, 0.2) is 0 Å². The molecule has 0 aromatic heterocycles. The van der Waals surface area contributed by atoms with Crippen molar-refractivity contribution in [2.75, 3.05) is 38.6 Å². The van der Waals surface area contributed by atoms with Gasteiger partial charge in [-0.3, -0.25) is 9.59 Å². The molecule has 2 saturated heterocycles. The van der Waals surface area contributed by atoms with Gasteiger partial charge in [-0.25, -0.2) is 0 Å². The van der Waals surface area contributed by atoms with Gasteiger partial charge >= 0.3 is 0 Å². The van der Waals surface area contributed by atoms with Crippen molar-refractivity contribution in [2.24, 2.45) is 5.92 Å². The molecule has 0 unspecified atom stereocenters. The van der Waals surface area contributed by atoms with E-state index in [1.807, 2.05) is 29.2 Å². The molecule has 2 heterocycles. The summed E-state index contributed by atoms with van der Waals surface area (Å²) in [5, 5.41) is 3.02. The molecule has 142 valence electrons. The summed E-state index contributed by atoms with van der Waals surface area (Å²) in [6, 6.07) is 8.00. The molecule has 2 amide bonds.